The predicted octanol–water partition coefficient (Wildman–Crippen LogP) is 5.30. The largest absolute Gasteiger partial charge is 0.495 e. The van der Waals surface area contributed by atoms with Crippen LogP contribution in [-0.4, -0.2) is 24.6 Å². The molecule has 3 aromatic rings. The summed E-state index contributed by atoms with van der Waals surface area (Å²) < 4.78 is 19.5. The van der Waals surface area contributed by atoms with Crippen LogP contribution in [-0.2, 0) is 9.59 Å². The number of hydrogen-bond donors (Lipinski definition) is 0. The maximum Gasteiger partial charge on any atom is 0.295 e. The second kappa shape index (κ2) is 8.73. The molecule has 162 valence electrons. The molecule has 1 fully saturated rings. The highest BCUT2D eigenvalue weighted by atomic mass is 35.5. The Hall–Kier alpha value is -3.22. The van der Waals surface area contributed by atoms with E-state index in [1.54, 1.807) is 42.5 Å². The molecule has 32 heavy (non-hydrogen) atoms. The van der Waals surface area contributed by atoms with Crippen LogP contribution in [0.3, 0.4) is 0 Å². The number of ketones is 2. The maximum absolute atomic E-state index is 14.3. The van der Waals surface area contributed by atoms with Crippen LogP contribution in [0.1, 0.15) is 22.0 Å². The molecule has 0 aliphatic carbocycles. The Kier molecular flexibility index (Phi) is 6.00. The summed E-state index contributed by atoms with van der Waals surface area (Å²) in [4.78, 5) is 40.6. The minimum Gasteiger partial charge on any atom is -0.495 e. The first-order valence-corrected chi connectivity index (χ1v) is 10.3. The number of nitrogens with zero attached hydrogens (tertiary/aromatic N) is 1. The van der Waals surface area contributed by atoms with Crippen molar-refractivity contribution in [2.75, 3.05) is 12.0 Å². The molecule has 1 heterocycles. The second-order valence-electron chi connectivity index (χ2n) is 7.18. The fourth-order valence-electron chi connectivity index (χ4n) is 3.84. The fraction of sp³-hybridized carbons (Fsp3) is 0.125. The van der Waals surface area contributed by atoms with Crippen LogP contribution in [0, 0.1) is 11.7 Å². The number of carbonyl (C=O) groups is 3. The van der Waals surface area contributed by atoms with Crippen LogP contribution in [0.2, 0.25) is 10.0 Å². The molecule has 0 radical (unpaired) electrons. The van der Waals surface area contributed by atoms with Crippen molar-refractivity contribution in [2.45, 2.75) is 6.04 Å². The third kappa shape index (κ3) is 3.76. The molecule has 1 saturated heterocycles. The third-order valence-electron chi connectivity index (χ3n) is 5.35. The number of ether oxygens (including phenoxy) is 1. The molecule has 0 bridgehead atoms. The van der Waals surface area contributed by atoms with Crippen LogP contribution in [0.4, 0.5) is 10.1 Å². The van der Waals surface area contributed by atoms with Crippen LogP contribution in [0.25, 0.3) is 0 Å². The van der Waals surface area contributed by atoms with E-state index in [9.17, 15) is 18.8 Å². The molecule has 1 aliphatic heterocycles. The normalized spacial score (nSPS) is 18.2. The van der Waals surface area contributed by atoms with Gasteiger partial charge in [0, 0.05) is 11.3 Å². The van der Waals surface area contributed by atoms with Crippen LogP contribution in [0.5, 0.6) is 5.75 Å². The highest BCUT2D eigenvalue weighted by Crippen LogP contribution is 2.43. The zero-order valence-corrected chi connectivity index (χ0v) is 18.2. The molecule has 0 N–H and O–H groups in total. The second-order valence-corrected chi connectivity index (χ2v) is 8.00. The molecule has 1 amide bonds. The van der Waals surface area contributed by atoms with E-state index in [1.807, 2.05) is 0 Å². The van der Waals surface area contributed by atoms with Crippen molar-refractivity contribution in [2.24, 2.45) is 5.92 Å². The average Bonchev–Trinajstić information content (AvgIpc) is 3.06. The monoisotopic (exact) mass is 471 g/mol. The van der Waals surface area contributed by atoms with Crippen molar-refractivity contribution in [1.29, 1.82) is 0 Å². The first-order chi connectivity index (χ1) is 15.3. The van der Waals surface area contributed by atoms with Crippen molar-refractivity contribution in [3.8, 4) is 5.75 Å². The molecule has 8 heteroatoms. The lowest BCUT2D eigenvalue weighted by molar-refractivity contribution is -0.135. The van der Waals surface area contributed by atoms with Gasteiger partial charge in [0.25, 0.3) is 5.91 Å². The van der Waals surface area contributed by atoms with E-state index in [0.717, 1.165) is 6.07 Å². The van der Waals surface area contributed by atoms with Crippen LogP contribution >= 0.6 is 23.2 Å². The van der Waals surface area contributed by atoms with E-state index in [2.05, 4.69) is 0 Å². The Morgan fingerprint density at radius 3 is 2.31 bits per heavy atom. The lowest BCUT2D eigenvalue weighted by atomic mass is 9.86. The first kappa shape index (κ1) is 22.0. The van der Waals surface area contributed by atoms with E-state index < -0.39 is 35.3 Å². The van der Waals surface area contributed by atoms with Gasteiger partial charge in [-0.2, -0.15) is 0 Å². The smallest absolute Gasteiger partial charge is 0.295 e. The van der Waals surface area contributed by atoms with Crippen LogP contribution < -0.4 is 9.64 Å². The van der Waals surface area contributed by atoms with Gasteiger partial charge >= 0.3 is 0 Å². The van der Waals surface area contributed by atoms with Crippen LogP contribution in [0.15, 0.2) is 66.7 Å². The minimum absolute atomic E-state index is 0.116. The van der Waals surface area contributed by atoms with E-state index in [-0.39, 0.29) is 26.9 Å². The number of benzene rings is 3. The summed E-state index contributed by atoms with van der Waals surface area (Å²) >= 11 is 12.1. The van der Waals surface area contributed by atoms with Crippen molar-refractivity contribution >= 4 is 46.4 Å². The van der Waals surface area contributed by atoms with E-state index in [1.165, 1.54) is 30.2 Å². The summed E-state index contributed by atoms with van der Waals surface area (Å²) in [6.45, 7) is 0. The molecule has 0 saturated carbocycles. The zero-order chi connectivity index (χ0) is 23.0. The van der Waals surface area contributed by atoms with Gasteiger partial charge in [0.1, 0.15) is 17.5 Å². The number of Topliss-reactive ketones (excluding diaryl/α,β-unsaturated/α-hetero) is 2. The molecule has 0 aromatic heterocycles. The summed E-state index contributed by atoms with van der Waals surface area (Å²) in [5.74, 6) is -4.03. The summed E-state index contributed by atoms with van der Waals surface area (Å²) in [7, 11) is 1.44. The van der Waals surface area contributed by atoms with Gasteiger partial charge in [-0.15, -0.1) is 0 Å². The molecule has 2 unspecified atom stereocenters. The molecule has 4 rings (SSSR count). The van der Waals surface area contributed by atoms with Gasteiger partial charge in [0.05, 0.1) is 23.2 Å². The van der Waals surface area contributed by atoms with Gasteiger partial charge in [0.15, 0.2) is 5.78 Å². The topological polar surface area (TPSA) is 63.7 Å². The van der Waals surface area contributed by atoms with E-state index >= 15 is 0 Å². The number of anilines is 1. The van der Waals surface area contributed by atoms with Gasteiger partial charge in [-0.25, -0.2) is 4.39 Å². The summed E-state index contributed by atoms with van der Waals surface area (Å²) in [5, 5.41) is 0.0958. The van der Waals surface area contributed by atoms with E-state index in [4.69, 9.17) is 27.9 Å². The number of hydrogen-bond acceptors (Lipinski definition) is 4. The fourth-order valence-corrected chi connectivity index (χ4v) is 4.21. The Morgan fingerprint density at radius 1 is 0.969 bits per heavy atom. The third-order valence-corrected chi connectivity index (χ3v) is 5.95. The highest BCUT2D eigenvalue weighted by molar-refractivity contribution is 6.49. The summed E-state index contributed by atoms with van der Waals surface area (Å²) in [5.41, 5.74) is 0.804. The average molecular weight is 472 g/mol. The predicted molar refractivity (Wildman–Crippen MR) is 119 cm³/mol. The highest BCUT2D eigenvalue weighted by Gasteiger charge is 2.52. The van der Waals surface area contributed by atoms with Crippen molar-refractivity contribution in [1.82, 2.24) is 0 Å². The molecule has 3 aromatic carbocycles. The number of halogens is 3. The first-order valence-electron chi connectivity index (χ1n) is 9.58. The SMILES string of the molecule is COc1ccc(N2C(=O)C(=O)C(C(=O)c3ccccc3)C2c2ccc(Cl)c(F)c2)cc1Cl. The molecular weight excluding hydrogens is 456 g/mol. The van der Waals surface area contributed by atoms with Gasteiger partial charge < -0.3 is 4.74 Å². The Morgan fingerprint density at radius 2 is 1.69 bits per heavy atom. The number of carbonyl (C=O) groups excluding carboxylic acids is 3. The molecular formula is C24H16Cl2FNO4. The van der Waals surface area contributed by atoms with E-state index in [0.29, 0.717) is 5.75 Å². The Balaban J connectivity index is 1.89. The molecule has 0 spiro atoms. The zero-order valence-electron chi connectivity index (χ0n) is 16.7. The molecule has 5 nitrogen and oxygen atoms in total. The molecule has 2 atom stereocenters. The molecule has 1 aliphatic rings. The van der Waals surface area contributed by atoms with Crippen molar-refractivity contribution < 1.29 is 23.5 Å². The van der Waals surface area contributed by atoms with Crippen molar-refractivity contribution in [3.63, 3.8) is 0 Å². The van der Waals surface area contributed by atoms with Gasteiger partial charge in [-0.3, -0.25) is 19.3 Å². The lowest BCUT2D eigenvalue weighted by Crippen LogP contribution is -2.30. The summed E-state index contributed by atoms with van der Waals surface area (Å²) in [6, 6.07) is 15.6. The Labute approximate surface area is 193 Å². The lowest BCUT2D eigenvalue weighted by Gasteiger charge is -2.27. The summed E-state index contributed by atoms with van der Waals surface area (Å²) in [6.07, 6.45) is 0. The number of amides is 1. The number of methoxy groups -OCH3 is 1. The quantitative estimate of drug-likeness (QED) is 0.287. The van der Waals surface area contributed by atoms with Gasteiger partial charge in [-0.05, 0) is 35.9 Å². The minimum atomic E-state index is -1.37. The van der Waals surface area contributed by atoms with Crippen molar-refractivity contribution in [3.05, 3.63) is 93.7 Å². The van der Waals surface area contributed by atoms with Gasteiger partial charge in [0.2, 0.25) is 5.78 Å². The number of rotatable bonds is 5. The Bertz CT molecular complexity index is 1230. The van der Waals surface area contributed by atoms with Gasteiger partial charge in [-0.1, -0.05) is 59.6 Å². The maximum atomic E-state index is 14.3. The standard InChI is InChI=1S/C24H16Cl2FNO4/c1-32-19-10-8-15(12-17(19)26)28-21(14-7-9-16(25)18(27)11-14)20(23(30)24(28)31)22(29)13-5-3-2-4-6-13/h2-12,20-21H,1H3.